The lowest BCUT2D eigenvalue weighted by Crippen LogP contribution is -2.07. The summed E-state index contributed by atoms with van der Waals surface area (Å²) in [4.78, 5) is 4.51. The largest absolute Gasteiger partial charge is 0.272 e. The number of aryl methyl sites for hydroxylation is 1. The Kier molecular flexibility index (Phi) is 3.86. The molecule has 0 saturated heterocycles. The third-order valence-electron chi connectivity index (χ3n) is 3.85. The van der Waals surface area contributed by atoms with E-state index in [0.717, 1.165) is 21.9 Å². The van der Waals surface area contributed by atoms with Crippen molar-refractivity contribution in [2.75, 3.05) is 0 Å². The van der Waals surface area contributed by atoms with Crippen LogP contribution in [0, 0.1) is 16.5 Å². The van der Waals surface area contributed by atoms with Gasteiger partial charge in [-0.05, 0) is 60.4 Å². The highest BCUT2D eigenvalue weighted by Gasteiger charge is 2.16. The minimum atomic E-state index is 0.822. The van der Waals surface area contributed by atoms with Gasteiger partial charge in [0, 0.05) is 29.6 Å². The summed E-state index contributed by atoms with van der Waals surface area (Å²) in [7, 11) is 0. The molecule has 0 radical (unpaired) electrons. The molecule has 2 heterocycles. The number of hydrogen-bond acceptors (Lipinski definition) is 2. The topological polar surface area (TPSA) is 30.7 Å². The van der Waals surface area contributed by atoms with Gasteiger partial charge in [0.2, 0.25) is 0 Å². The zero-order valence-electron chi connectivity index (χ0n) is 11.1. The van der Waals surface area contributed by atoms with E-state index < -0.39 is 0 Å². The Labute approximate surface area is 127 Å². The fourth-order valence-corrected chi connectivity index (χ4v) is 3.67. The molecule has 1 aliphatic carbocycles. The Morgan fingerprint density at radius 3 is 2.84 bits per heavy atom. The van der Waals surface area contributed by atoms with Crippen molar-refractivity contribution in [2.24, 2.45) is 5.92 Å². The number of pyridine rings is 1. The molecule has 19 heavy (non-hydrogen) atoms. The van der Waals surface area contributed by atoms with Crippen LogP contribution >= 0.6 is 22.6 Å². The van der Waals surface area contributed by atoms with Crippen molar-refractivity contribution in [1.82, 2.24) is 14.8 Å². The summed E-state index contributed by atoms with van der Waals surface area (Å²) < 4.78 is 3.15. The van der Waals surface area contributed by atoms with Gasteiger partial charge in [-0.2, -0.15) is 5.10 Å². The van der Waals surface area contributed by atoms with Crippen molar-refractivity contribution < 1.29 is 0 Å². The second kappa shape index (κ2) is 5.61. The molecule has 0 unspecified atom stereocenters. The molecule has 100 valence electrons. The molecule has 1 fully saturated rings. The van der Waals surface area contributed by atoms with Gasteiger partial charge in [-0.1, -0.05) is 12.8 Å². The highest BCUT2D eigenvalue weighted by molar-refractivity contribution is 14.1. The van der Waals surface area contributed by atoms with Gasteiger partial charge >= 0.3 is 0 Å². The maximum Gasteiger partial charge on any atom is 0.109 e. The summed E-state index contributed by atoms with van der Waals surface area (Å²) in [5, 5.41) is 4.51. The third-order valence-corrected chi connectivity index (χ3v) is 4.67. The highest BCUT2D eigenvalue weighted by Crippen LogP contribution is 2.27. The van der Waals surface area contributed by atoms with Crippen LogP contribution in [0.5, 0.6) is 0 Å². The summed E-state index contributed by atoms with van der Waals surface area (Å²) >= 11 is 2.30. The van der Waals surface area contributed by atoms with Crippen molar-refractivity contribution in [3.05, 3.63) is 33.9 Å². The van der Waals surface area contributed by atoms with Crippen LogP contribution in [0.15, 0.2) is 24.5 Å². The Hall–Kier alpha value is -0.910. The molecule has 3 rings (SSSR count). The van der Waals surface area contributed by atoms with Gasteiger partial charge < -0.3 is 0 Å². The van der Waals surface area contributed by atoms with Crippen LogP contribution in [0.25, 0.3) is 11.1 Å². The van der Waals surface area contributed by atoms with Crippen molar-refractivity contribution in [2.45, 2.75) is 39.2 Å². The maximum absolute atomic E-state index is 4.51. The Morgan fingerprint density at radius 1 is 1.32 bits per heavy atom. The fourth-order valence-electron chi connectivity index (χ4n) is 2.80. The van der Waals surface area contributed by atoms with Gasteiger partial charge in [-0.15, -0.1) is 0 Å². The number of nitrogens with zero attached hydrogens (tertiary/aromatic N) is 3. The molecule has 0 atom stereocenters. The van der Waals surface area contributed by atoms with E-state index in [1.807, 2.05) is 13.1 Å². The van der Waals surface area contributed by atoms with Crippen LogP contribution in [0.4, 0.5) is 0 Å². The second-order valence-corrected chi connectivity index (χ2v) is 6.41. The third kappa shape index (κ3) is 2.99. The van der Waals surface area contributed by atoms with Crippen LogP contribution in [-0.2, 0) is 6.54 Å². The number of hydrogen-bond donors (Lipinski definition) is 0. The van der Waals surface area contributed by atoms with E-state index in [1.54, 1.807) is 0 Å². The van der Waals surface area contributed by atoms with Crippen molar-refractivity contribution in [3.8, 4) is 11.1 Å². The molecule has 1 aliphatic rings. The summed E-state index contributed by atoms with van der Waals surface area (Å²) in [6, 6.07) is 4.20. The highest BCUT2D eigenvalue weighted by atomic mass is 127. The molecule has 0 spiro atoms. The van der Waals surface area contributed by atoms with Crippen LogP contribution in [0.1, 0.15) is 31.4 Å². The average molecular weight is 367 g/mol. The summed E-state index contributed by atoms with van der Waals surface area (Å²) in [6.07, 6.45) is 9.62. The molecule has 0 bridgehead atoms. The number of halogens is 1. The first-order chi connectivity index (χ1) is 9.22. The summed E-state index contributed by atoms with van der Waals surface area (Å²) in [5.74, 6) is 0.822. The van der Waals surface area contributed by atoms with E-state index in [4.69, 9.17) is 0 Å². The average Bonchev–Trinajstić information content (AvgIpc) is 3.01. The molecule has 0 amide bonds. The molecule has 1 saturated carbocycles. The zero-order valence-corrected chi connectivity index (χ0v) is 13.3. The first-order valence-corrected chi connectivity index (χ1v) is 7.96. The quantitative estimate of drug-likeness (QED) is 0.605. The number of rotatable bonds is 3. The molecule has 2 aromatic rings. The fraction of sp³-hybridized carbons (Fsp3) is 0.467. The van der Waals surface area contributed by atoms with Gasteiger partial charge in [-0.25, -0.2) is 4.98 Å². The monoisotopic (exact) mass is 367 g/mol. The van der Waals surface area contributed by atoms with Gasteiger partial charge in [-0.3, -0.25) is 4.68 Å². The molecule has 0 aliphatic heterocycles. The van der Waals surface area contributed by atoms with E-state index in [9.17, 15) is 0 Å². The van der Waals surface area contributed by atoms with E-state index >= 15 is 0 Å². The lowest BCUT2D eigenvalue weighted by atomic mass is 10.1. The van der Waals surface area contributed by atoms with Crippen LogP contribution < -0.4 is 0 Å². The minimum Gasteiger partial charge on any atom is -0.272 e. The first-order valence-electron chi connectivity index (χ1n) is 6.88. The Balaban J connectivity index is 1.80. The SMILES string of the molecule is Cc1ccc(-c2cnn(CC3CCCC3)c2)c(I)n1. The van der Waals surface area contributed by atoms with Crippen LogP contribution in [0.2, 0.25) is 0 Å². The predicted octanol–water partition coefficient (Wildman–Crippen LogP) is 4.05. The van der Waals surface area contributed by atoms with Gasteiger partial charge in [0.25, 0.3) is 0 Å². The molecule has 0 aromatic carbocycles. The van der Waals surface area contributed by atoms with Crippen LogP contribution in [0.3, 0.4) is 0 Å². The van der Waals surface area contributed by atoms with E-state index in [0.29, 0.717) is 0 Å². The minimum absolute atomic E-state index is 0.822. The van der Waals surface area contributed by atoms with E-state index in [1.165, 1.54) is 36.8 Å². The molecule has 4 heteroatoms. The van der Waals surface area contributed by atoms with Crippen molar-refractivity contribution in [3.63, 3.8) is 0 Å². The molecule has 0 N–H and O–H groups in total. The summed E-state index contributed by atoms with van der Waals surface area (Å²) in [5.41, 5.74) is 3.42. The first kappa shape index (κ1) is 13.1. The number of aromatic nitrogens is 3. The Morgan fingerprint density at radius 2 is 2.11 bits per heavy atom. The molecular weight excluding hydrogens is 349 g/mol. The van der Waals surface area contributed by atoms with Crippen LogP contribution in [-0.4, -0.2) is 14.8 Å². The molecule has 3 nitrogen and oxygen atoms in total. The normalized spacial score (nSPS) is 16.1. The molecule has 2 aromatic heterocycles. The van der Waals surface area contributed by atoms with E-state index in [-0.39, 0.29) is 0 Å². The van der Waals surface area contributed by atoms with Gasteiger partial charge in [0.05, 0.1) is 6.20 Å². The standard InChI is InChI=1S/C15H18IN3/c1-11-6-7-14(15(16)18-11)13-8-17-19(10-13)9-12-4-2-3-5-12/h6-8,10,12H,2-5,9H2,1H3. The smallest absolute Gasteiger partial charge is 0.109 e. The van der Waals surface area contributed by atoms with Crippen molar-refractivity contribution >= 4 is 22.6 Å². The van der Waals surface area contributed by atoms with Gasteiger partial charge in [0.15, 0.2) is 0 Å². The lowest BCUT2D eigenvalue weighted by Gasteiger charge is -2.08. The molecular formula is C15H18IN3. The maximum atomic E-state index is 4.51. The Bertz CT molecular complexity index is 571. The van der Waals surface area contributed by atoms with E-state index in [2.05, 4.69) is 55.7 Å². The predicted molar refractivity (Wildman–Crippen MR) is 84.9 cm³/mol. The second-order valence-electron chi connectivity index (χ2n) is 5.39. The zero-order chi connectivity index (χ0) is 13.2. The summed E-state index contributed by atoms with van der Waals surface area (Å²) in [6.45, 7) is 3.09. The van der Waals surface area contributed by atoms with Crippen molar-refractivity contribution in [1.29, 1.82) is 0 Å². The lowest BCUT2D eigenvalue weighted by molar-refractivity contribution is 0.429. The van der Waals surface area contributed by atoms with Gasteiger partial charge in [0.1, 0.15) is 3.70 Å².